The van der Waals surface area contributed by atoms with Gasteiger partial charge < -0.3 is 16.2 Å². The lowest BCUT2D eigenvalue weighted by Crippen LogP contribution is -2.44. The summed E-state index contributed by atoms with van der Waals surface area (Å²) >= 11 is 0. The summed E-state index contributed by atoms with van der Waals surface area (Å²) in [6.07, 6.45) is 0. The van der Waals surface area contributed by atoms with Crippen molar-refractivity contribution in [1.29, 1.82) is 0 Å². The van der Waals surface area contributed by atoms with E-state index in [1.807, 2.05) is 0 Å². The Morgan fingerprint density at radius 2 is 1.81 bits per heavy atom. The van der Waals surface area contributed by atoms with Crippen molar-refractivity contribution in [3.63, 3.8) is 0 Å². The molecule has 1 aromatic rings. The van der Waals surface area contributed by atoms with Gasteiger partial charge in [0.15, 0.2) is 11.6 Å². The van der Waals surface area contributed by atoms with Gasteiger partial charge in [-0.15, -0.1) is 0 Å². The normalized spacial score (nSPS) is 13.7. The van der Waals surface area contributed by atoms with E-state index in [9.17, 15) is 8.78 Å². The largest absolute Gasteiger partial charge is 0.494 e. The van der Waals surface area contributed by atoms with Crippen LogP contribution in [0.3, 0.4) is 0 Å². The molecule has 0 aliphatic rings. The van der Waals surface area contributed by atoms with Crippen LogP contribution in [-0.2, 0) is 0 Å². The molecule has 0 aliphatic heterocycles. The van der Waals surface area contributed by atoms with Gasteiger partial charge in [-0.3, -0.25) is 0 Å². The van der Waals surface area contributed by atoms with Gasteiger partial charge in [-0.1, -0.05) is 0 Å². The fourth-order valence-corrected chi connectivity index (χ4v) is 1.34. The molecule has 0 aliphatic carbocycles. The van der Waals surface area contributed by atoms with Gasteiger partial charge in [0.25, 0.3) is 0 Å². The van der Waals surface area contributed by atoms with Crippen molar-refractivity contribution in [2.75, 3.05) is 7.11 Å². The van der Waals surface area contributed by atoms with E-state index >= 15 is 0 Å². The molecule has 1 atom stereocenters. The highest BCUT2D eigenvalue weighted by Crippen LogP contribution is 2.28. The maximum Gasteiger partial charge on any atom is 0.165 e. The van der Waals surface area contributed by atoms with Crippen LogP contribution >= 0.6 is 0 Å². The Kier molecular flexibility index (Phi) is 3.50. The van der Waals surface area contributed by atoms with Gasteiger partial charge in [-0.25, -0.2) is 8.78 Å². The first-order chi connectivity index (χ1) is 7.27. The zero-order chi connectivity index (χ0) is 12.5. The first-order valence-electron chi connectivity index (χ1n) is 4.84. The lowest BCUT2D eigenvalue weighted by atomic mass is 9.90. The molecule has 0 saturated carbocycles. The first kappa shape index (κ1) is 12.9. The van der Waals surface area contributed by atoms with E-state index in [1.165, 1.54) is 7.11 Å². The molecule has 1 rings (SSSR count). The minimum atomic E-state index is -0.831. The molecular formula is C11H16F2N2O. The van der Waals surface area contributed by atoms with Crippen molar-refractivity contribution in [3.05, 3.63) is 29.3 Å². The van der Waals surface area contributed by atoms with E-state index in [2.05, 4.69) is 4.74 Å². The highest BCUT2D eigenvalue weighted by Gasteiger charge is 2.26. The SMILES string of the molecule is COc1cc(F)c(C(N)C(C)(C)N)cc1F. The number of ether oxygens (including phenoxy) is 1. The highest BCUT2D eigenvalue weighted by atomic mass is 19.1. The monoisotopic (exact) mass is 230 g/mol. The predicted molar refractivity (Wildman–Crippen MR) is 58.1 cm³/mol. The van der Waals surface area contributed by atoms with Crippen molar-refractivity contribution in [3.8, 4) is 5.75 Å². The molecule has 16 heavy (non-hydrogen) atoms. The number of hydrogen-bond donors (Lipinski definition) is 2. The van der Waals surface area contributed by atoms with Crippen LogP contribution < -0.4 is 16.2 Å². The summed E-state index contributed by atoms with van der Waals surface area (Å²) < 4.78 is 31.7. The molecule has 0 fully saturated rings. The topological polar surface area (TPSA) is 61.3 Å². The van der Waals surface area contributed by atoms with Crippen LogP contribution in [0.5, 0.6) is 5.75 Å². The lowest BCUT2D eigenvalue weighted by Gasteiger charge is -2.27. The Labute approximate surface area is 93.4 Å². The number of halogens is 2. The molecule has 1 unspecified atom stereocenters. The fourth-order valence-electron chi connectivity index (χ4n) is 1.34. The van der Waals surface area contributed by atoms with Crippen molar-refractivity contribution in [1.82, 2.24) is 0 Å². The van der Waals surface area contributed by atoms with Gasteiger partial charge >= 0.3 is 0 Å². The lowest BCUT2D eigenvalue weighted by molar-refractivity contribution is 0.373. The minimum Gasteiger partial charge on any atom is -0.494 e. The molecule has 5 heteroatoms. The fraction of sp³-hybridized carbons (Fsp3) is 0.455. The van der Waals surface area contributed by atoms with Crippen molar-refractivity contribution in [2.24, 2.45) is 11.5 Å². The summed E-state index contributed by atoms with van der Waals surface area (Å²) in [6.45, 7) is 3.30. The maximum absolute atomic E-state index is 13.6. The van der Waals surface area contributed by atoms with E-state index in [1.54, 1.807) is 13.8 Å². The smallest absolute Gasteiger partial charge is 0.165 e. The van der Waals surface area contributed by atoms with Crippen LogP contribution in [0.15, 0.2) is 12.1 Å². The van der Waals surface area contributed by atoms with Crippen LogP contribution in [-0.4, -0.2) is 12.6 Å². The molecule has 3 nitrogen and oxygen atoms in total. The Hall–Kier alpha value is -1.20. The third-order valence-corrected chi connectivity index (χ3v) is 2.41. The van der Waals surface area contributed by atoms with Crippen molar-refractivity contribution >= 4 is 0 Å². The molecule has 0 heterocycles. The molecule has 0 aromatic heterocycles. The molecule has 0 saturated heterocycles. The van der Waals surface area contributed by atoms with Gasteiger partial charge in [0.1, 0.15) is 5.82 Å². The van der Waals surface area contributed by atoms with Crippen LogP contribution in [0, 0.1) is 11.6 Å². The van der Waals surface area contributed by atoms with Crippen molar-refractivity contribution in [2.45, 2.75) is 25.4 Å². The average Bonchev–Trinajstić information content (AvgIpc) is 2.18. The molecular weight excluding hydrogens is 214 g/mol. The van der Waals surface area contributed by atoms with E-state index in [4.69, 9.17) is 11.5 Å². The molecule has 1 aromatic carbocycles. The Morgan fingerprint density at radius 1 is 1.25 bits per heavy atom. The third kappa shape index (κ3) is 2.48. The summed E-state index contributed by atoms with van der Waals surface area (Å²) in [5, 5.41) is 0. The number of methoxy groups -OCH3 is 1. The number of benzene rings is 1. The minimum absolute atomic E-state index is 0.0470. The highest BCUT2D eigenvalue weighted by molar-refractivity contribution is 5.33. The zero-order valence-electron chi connectivity index (χ0n) is 9.55. The molecule has 4 N–H and O–H groups in total. The number of rotatable bonds is 3. The van der Waals surface area contributed by atoms with Crippen LogP contribution in [0.25, 0.3) is 0 Å². The molecule has 90 valence electrons. The first-order valence-corrected chi connectivity index (χ1v) is 4.84. The average molecular weight is 230 g/mol. The second kappa shape index (κ2) is 4.35. The number of nitrogens with two attached hydrogens (primary N) is 2. The van der Waals surface area contributed by atoms with Gasteiger partial charge in [0.2, 0.25) is 0 Å². The van der Waals surface area contributed by atoms with Crippen LogP contribution in [0.2, 0.25) is 0 Å². The van der Waals surface area contributed by atoms with E-state index < -0.39 is 23.2 Å². The van der Waals surface area contributed by atoms with E-state index in [-0.39, 0.29) is 11.3 Å². The second-order valence-electron chi connectivity index (χ2n) is 4.31. The van der Waals surface area contributed by atoms with E-state index in [0.717, 1.165) is 12.1 Å². The van der Waals surface area contributed by atoms with Crippen LogP contribution in [0.4, 0.5) is 8.78 Å². The zero-order valence-corrected chi connectivity index (χ0v) is 9.55. The van der Waals surface area contributed by atoms with Gasteiger partial charge in [0, 0.05) is 17.2 Å². The number of hydrogen-bond acceptors (Lipinski definition) is 3. The third-order valence-electron chi connectivity index (χ3n) is 2.41. The van der Waals surface area contributed by atoms with Crippen molar-refractivity contribution < 1.29 is 13.5 Å². The molecule has 0 spiro atoms. The standard InChI is InChI=1S/C11H16F2N2O/c1-11(2,15)10(14)6-4-8(13)9(16-3)5-7(6)12/h4-5,10H,14-15H2,1-3H3. The van der Waals surface area contributed by atoms with Gasteiger partial charge in [0.05, 0.1) is 13.2 Å². The van der Waals surface area contributed by atoms with Gasteiger partial charge in [-0.2, -0.15) is 0 Å². The Bertz CT molecular complexity index is 388. The summed E-state index contributed by atoms with van der Waals surface area (Å²) in [7, 11) is 1.27. The van der Waals surface area contributed by atoms with Gasteiger partial charge in [-0.05, 0) is 19.9 Å². The summed E-state index contributed by atoms with van der Waals surface area (Å²) in [4.78, 5) is 0. The Balaban J connectivity index is 3.21. The summed E-state index contributed by atoms with van der Waals surface area (Å²) in [6, 6.07) is 1.21. The van der Waals surface area contributed by atoms with E-state index in [0.29, 0.717) is 0 Å². The molecule has 0 radical (unpaired) electrons. The molecule has 0 bridgehead atoms. The second-order valence-corrected chi connectivity index (χ2v) is 4.31. The van der Waals surface area contributed by atoms with Crippen LogP contribution in [0.1, 0.15) is 25.5 Å². The molecule has 0 amide bonds. The summed E-state index contributed by atoms with van der Waals surface area (Å²) in [5.74, 6) is -1.42. The predicted octanol–water partition coefficient (Wildman–Crippen LogP) is 1.71. The Morgan fingerprint density at radius 3 is 2.25 bits per heavy atom. The summed E-state index contributed by atoms with van der Waals surface area (Å²) in [5.41, 5.74) is 10.7. The quantitative estimate of drug-likeness (QED) is 0.831. The maximum atomic E-state index is 13.6.